The number of alkyl halides is 1. The number of halogens is 2. The van der Waals surface area contributed by atoms with Crippen LogP contribution in [0.2, 0.25) is 0 Å². The molecule has 0 aliphatic carbocycles. The first-order chi connectivity index (χ1) is 22.1. The van der Waals surface area contributed by atoms with Gasteiger partial charge in [-0.1, -0.05) is 56.2 Å². The van der Waals surface area contributed by atoms with E-state index in [9.17, 15) is 14.5 Å². The molecule has 1 aliphatic rings. The molecule has 0 radical (unpaired) electrons. The Kier molecular flexibility index (Phi) is 10.5. The van der Waals surface area contributed by atoms with Gasteiger partial charge in [0.15, 0.2) is 6.23 Å². The lowest BCUT2D eigenvalue weighted by Crippen LogP contribution is -2.42. The van der Waals surface area contributed by atoms with E-state index in [0.29, 0.717) is 17.2 Å². The maximum absolute atomic E-state index is 16.5. The summed E-state index contributed by atoms with van der Waals surface area (Å²) in [6, 6.07) is 12.9. The summed E-state index contributed by atoms with van der Waals surface area (Å²) in [6.45, 7) is 3.03. The number of hydrogen-bond acceptors (Lipinski definition) is 10. The SMILES string of the molecule is CCCCCOC(=O)[C@H](C)NP(=O)(OC[C@H]1O[C@@H](n2ccc3c(N)ncnc32)[C@@](F)(C#CCl)[C@@H]1O)Oc1cccc2ccccc12. The standard InChI is InChI=1S/C31H34ClFN5O7P/c1-3-4-7-17-42-29(40)20(2)37-46(41,45-24-12-8-10-21-9-5-6-11-22(21)24)43-18-25-26(39)31(33,14-15-32)30(44-25)38-16-13-23-27(34)35-19-36-28(23)38/h5-6,8-13,16,19-20,25-26,30,39H,3-4,7,17-18H2,1-2H3,(H,37,41)(H2,34,35,36)/t20-,25+,26+,30+,31+,46?/m0/s1. The quantitative estimate of drug-likeness (QED) is 0.0736. The number of carbonyl (C=O) groups is 1. The highest BCUT2D eigenvalue weighted by Crippen LogP contribution is 2.49. The molecular formula is C31H34ClFN5O7P. The van der Waals surface area contributed by atoms with Crippen LogP contribution < -0.4 is 15.3 Å². The Morgan fingerprint density at radius 2 is 2.02 bits per heavy atom. The summed E-state index contributed by atoms with van der Waals surface area (Å²) in [4.78, 5) is 20.9. The number of benzene rings is 2. The molecule has 0 bridgehead atoms. The topological polar surface area (TPSA) is 160 Å². The summed E-state index contributed by atoms with van der Waals surface area (Å²) < 4.78 is 55.1. The van der Waals surface area contributed by atoms with Crippen LogP contribution in [0, 0.1) is 11.3 Å². The van der Waals surface area contributed by atoms with Gasteiger partial charge < -0.3 is 29.4 Å². The van der Waals surface area contributed by atoms with Crippen molar-refractivity contribution in [3.63, 3.8) is 0 Å². The maximum atomic E-state index is 16.5. The molecule has 1 fully saturated rings. The third-order valence-corrected chi connectivity index (χ3v) is 9.28. The number of unbranched alkanes of at least 4 members (excludes halogenated alkanes) is 2. The second-order valence-electron chi connectivity index (χ2n) is 10.8. The number of esters is 1. The van der Waals surface area contributed by atoms with Crippen molar-refractivity contribution in [2.24, 2.45) is 0 Å². The van der Waals surface area contributed by atoms with E-state index in [1.165, 1.54) is 24.0 Å². The van der Waals surface area contributed by atoms with Gasteiger partial charge in [0, 0.05) is 17.0 Å². The van der Waals surface area contributed by atoms with Crippen molar-refractivity contribution >= 4 is 52.9 Å². The van der Waals surface area contributed by atoms with Crippen LogP contribution in [0.4, 0.5) is 10.2 Å². The lowest BCUT2D eigenvalue weighted by atomic mass is 9.97. The van der Waals surface area contributed by atoms with E-state index >= 15 is 4.39 Å². The molecule has 5 rings (SSSR count). The molecule has 4 N–H and O–H groups in total. The lowest BCUT2D eigenvalue weighted by molar-refractivity contribution is -0.145. The van der Waals surface area contributed by atoms with E-state index in [2.05, 4.69) is 21.0 Å². The van der Waals surface area contributed by atoms with Crippen LogP contribution in [-0.4, -0.2) is 62.7 Å². The Morgan fingerprint density at radius 1 is 1.24 bits per heavy atom. The van der Waals surface area contributed by atoms with Crippen molar-refractivity contribution in [3.8, 4) is 17.0 Å². The zero-order valence-electron chi connectivity index (χ0n) is 25.1. The number of hydrogen-bond donors (Lipinski definition) is 3. The van der Waals surface area contributed by atoms with Crippen molar-refractivity contribution in [2.45, 2.75) is 63.3 Å². The van der Waals surface area contributed by atoms with Gasteiger partial charge >= 0.3 is 13.7 Å². The monoisotopic (exact) mass is 673 g/mol. The molecule has 2 aromatic carbocycles. The number of anilines is 1. The summed E-state index contributed by atoms with van der Waals surface area (Å²) in [6.07, 6.45) is 0.271. The second kappa shape index (κ2) is 14.3. The molecule has 2 aromatic heterocycles. The van der Waals surface area contributed by atoms with Crippen molar-refractivity contribution in [3.05, 3.63) is 61.1 Å². The molecule has 6 atom stereocenters. The first-order valence-corrected chi connectivity index (χ1v) is 16.6. The largest absolute Gasteiger partial charge is 0.465 e. The summed E-state index contributed by atoms with van der Waals surface area (Å²) in [5.74, 6) is 1.89. The maximum Gasteiger partial charge on any atom is 0.459 e. The van der Waals surface area contributed by atoms with Crippen molar-refractivity contribution in [1.29, 1.82) is 0 Å². The van der Waals surface area contributed by atoms with Gasteiger partial charge in [0.1, 0.15) is 41.8 Å². The normalized spacial score (nSPS) is 23.0. The van der Waals surface area contributed by atoms with E-state index in [-0.39, 0.29) is 23.8 Å². The van der Waals surface area contributed by atoms with Crippen LogP contribution in [0.3, 0.4) is 0 Å². The fourth-order valence-corrected chi connectivity index (χ4v) is 6.81. The number of aromatic nitrogens is 3. The first-order valence-electron chi connectivity index (χ1n) is 14.7. The Bertz CT molecular complexity index is 1810. The first kappa shape index (κ1) is 33.6. The van der Waals surface area contributed by atoms with Crippen molar-refractivity contribution < 1.29 is 37.4 Å². The predicted molar refractivity (Wildman–Crippen MR) is 171 cm³/mol. The van der Waals surface area contributed by atoms with Gasteiger partial charge in [0.25, 0.3) is 0 Å². The van der Waals surface area contributed by atoms with Gasteiger partial charge in [-0.15, -0.1) is 0 Å². The number of fused-ring (bicyclic) bond motifs is 2. The number of ether oxygens (including phenoxy) is 2. The molecular weight excluding hydrogens is 640 g/mol. The van der Waals surface area contributed by atoms with Gasteiger partial charge in [-0.2, -0.15) is 5.09 Å². The van der Waals surface area contributed by atoms with Gasteiger partial charge in [-0.3, -0.25) is 9.32 Å². The highest BCUT2D eigenvalue weighted by molar-refractivity contribution is 7.52. The van der Waals surface area contributed by atoms with Crippen LogP contribution in [-0.2, 0) is 23.4 Å². The van der Waals surface area contributed by atoms with Gasteiger partial charge in [0.2, 0.25) is 5.67 Å². The Labute approximate surface area is 269 Å². The number of carbonyl (C=O) groups excluding carboxylic acids is 1. The molecule has 1 aliphatic heterocycles. The molecule has 1 saturated heterocycles. The summed E-state index contributed by atoms with van der Waals surface area (Å²) in [7, 11) is -4.43. The molecule has 0 amide bonds. The molecule has 244 valence electrons. The molecule has 46 heavy (non-hydrogen) atoms. The molecule has 4 aromatic rings. The van der Waals surface area contributed by atoms with Crippen LogP contribution in [0.1, 0.15) is 39.3 Å². The fourth-order valence-electron chi connectivity index (χ4n) is 5.15. The smallest absolute Gasteiger partial charge is 0.459 e. The Balaban J connectivity index is 1.41. The number of nitrogens with one attached hydrogen (secondary N) is 1. The highest BCUT2D eigenvalue weighted by atomic mass is 35.5. The molecule has 3 heterocycles. The average Bonchev–Trinajstić information content (AvgIpc) is 3.57. The van der Waals surface area contributed by atoms with Gasteiger partial charge in [-0.05, 0) is 48.4 Å². The van der Waals surface area contributed by atoms with E-state index in [1.807, 2.05) is 30.5 Å². The number of aliphatic hydroxyl groups is 1. The summed E-state index contributed by atoms with van der Waals surface area (Å²) >= 11 is 5.61. The van der Waals surface area contributed by atoms with Crippen LogP contribution >= 0.6 is 19.3 Å². The van der Waals surface area contributed by atoms with E-state index in [1.54, 1.807) is 30.3 Å². The summed E-state index contributed by atoms with van der Waals surface area (Å²) in [5.41, 5.74) is 3.42. The Hall–Kier alpha value is -3.76. The fraction of sp³-hybridized carbons (Fsp3) is 0.387. The number of nitrogens with zero attached hydrogens (tertiary/aromatic N) is 3. The van der Waals surface area contributed by atoms with Crippen molar-refractivity contribution in [1.82, 2.24) is 19.6 Å². The van der Waals surface area contributed by atoms with Gasteiger partial charge in [-0.25, -0.2) is 18.9 Å². The predicted octanol–water partition coefficient (Wildman–Crippen LogP) is 5.25. The highest BCUT2D eigenvalue weighted by Gasteiger charge is 2.58. The molecule has 0 saturated carbocycles. The van der Waals surface area contributed by atoms with E-state index in [4.69, 9.17) is 35.9 Å². The van der Waals surface area contributed by atoms with Gasteiger partial charge in [0.05, 0.1) is 18.6 Å². The number of rotatable bonds is 13. The third-order valence-electron chi connectivity index (χ3n) is 7.55. The van der Waals surface area contributed by atoms with Crippen molar-refractivity contribution in [2.75, 3.05) is 18.9 Å². The third kappa shape index (κ3) is 6.98. The van der Waals surface area contributed by atoms with Crippen LogP contribution in [0.25, 0.3) is 21.8 Å². The Morgan fingerprint density at radius 3 is 2.80 bits per heavy atom. The molecule has 12 nitrogen and oxygen atoms in total. The van der Waals surface area contributed by atoms with Crippen LogP contribution in [0.15, 0.2) is 61.1 Å². The zero-order chi connectivity index (χ0) is 32.9. The van der Waals surface area contributed by atoms with Crippen LogP contribution in [0.5, 0.6) is 5.75 Å². The number of aliphatic hydroxyl groups excluding tert-OH is 1. The zero-order valence-corrected chi connectivity index (χ0v) is 26.8. The summed E-state index contributed by atoms with van der Waals surface area (Å²) in [5, 5.41) is 17.6. The minimum Gasteiger partial charge on any atom is -0.465 e. The average molecular weight is 674 g/mol. The molecule has 0 spiro atoms. The number of nitrogens with two attached hydrogens (primary N) is 1. The minimum atomic E-state index is -4.43. The second-order valence-corrected chi connectivity index (χ2v) is 12.6. The van der Waals surface area contributed by atoms with E-state index < -0.39 is 50.5 Å². The lowest BCUT2D eigenvalue weighted by Gasteiger charge is -2.25. The molecule has 15 heteroatoms. The molecule has 1 unspecified atom stereocenters. The van der Waals surface area contributed by atoms with E-state index in [0.717, 1.165) is 18.2 Å². The minimum absolute atomic E-state index is 0.158. The number of nitrogen functional groups attached to an aromatic ring is 1.